The fraction of sp³-hybridized carbons (Fsp3) is 0.357. The standard InChI is InChI=1S/C14H14N2O3/c1-18-14(17)10-5-11(6-10)19-12-4-2-3-9-7-15-8-16-13(9)12/h2-4,7-8,10-11H,5-6H2,1H3. The maximum atomic E-state index is 11.3. The molecule has 5 heteroatoms. The largest absolute Gasteiger partial charge is 0.488 e. The molecular weight excluding hydrogens is 244 g/mol. The summed E-state index contributed by atoms with van der Waals surface area (Å²) in [5, 5.41) is 0.948. The van der Waals surface area contributed by atoms with Crippen LogP contribution in [0.1, 0.15) is 12.8 Å². The summed E-state index contributed by atoms with van der Waals surface area (Å²) in [4.78, 5) is 19.5. The van der Waals surface area contributed by atoms with E-state index in [1.165, 1.54) is 13.4 Å². The Hall–Kier alpha value is -2.17. The summed E-state index contributed by atoms with van der Waals surface area (Å²) < 4.78 is 10.6. The predicted octanol–water partition coefficient (Wildman–Crippen LogP) is 1.96. The summed E-state index contributed by atoms with van der Waals surface area (Å²) in [5.41, 5.74) is 0.805. The molecule has 1 saturated carbocycles. The first-order valence-electron chi connectivity index (χ1n) is 6.21. The van der Waals surface area contributed by atoms with Crippen molar-refractivity contribution in [2.24, 2.45) is 5.92 Å². The highest BCUT2D eigenvalue weighted by molar-refractivity contribution is 5.83. The molecule has 98 valence electrons. The first-order valence-corrected chi connectivity index (χ1v) is 6.21. The second-order valence-electron chi connectivity index (χ2n) is 4.65. The van der Waals surface area contributed by atoms with E-state index in [1.807, 2.05) is 18.2 Å². The Kier molecular flexibility index (Phi) is 3.03. The molecule has 1 aromatic heterocycles. The van der Waals surface area contributed by atoms with Gasteiger partial charge in [-0.2, -0.15) is 0 Å². The summed E-state index contributed by atoms with van der Waals surface area (Å²) in [6.07, 6.45) is 4.73. The van der Waals surface area contributed by atoms with E-state index in [-0.39, 0.29) is 18.0 Å². The molecule has 19 heavy (non-hydrogen) atoms. The minimum Gasteiger partial charge on any atom is -0.488 e. The van der Waals surface area contributed by atoms with Crippen molar-refractivity contribution >= 4 is 16.9 Å². The lowest BCUT2D eigenvalue weighted by molar-refractivity contribution is -0.151. The minimum atomic E-state index is -0.153. The summed E-state index contributed by atoms with van der Waals surface area (Å²) >= 11 is 0. The quantitative estimate of drug-likeness (QED) is 0.787. The maximum Gasteiger partial charge on any atom is 0.308 e. The van der Waals surface area contributed by atoms with Crippen LogP contribution in [0.5, 0.6) is 5.75 Å². The highest BCUT2D eigenvalue weighted by Gasteiger charge is 2.37. The highest BCUT2D eigenvalue weighted by atomic mass is 16.5. The molecule has 0 atom stereocenters. The predicted molar refractivity (Wildman–Crippen MR) is 68.7 cm³/mol. The smallest absolute Gasteiger partial charge is 0.308 e. The van der Waals surface area contributed by atoms with E-state index in [0.717, 1.165) is 16.7 Å². The van der Waals surface area contributed by atoms with Crippen molar-refractivity contribution in [3.63, 3.8) is 0 Å². The average Bonchev–Trinajstić information content (AvgIpc) is 2.41. The van der Waals surface area contributed by atoms with Crippen molar-refractivity contribution in [1.82, 2.24) is 9.97 Å². The van der Waals surface area contributed by atoms with Crippen LogP contribution < -0.4 is 4.74 Å². The van der Waals surface area contributed by atoms with E-state index in [9.17, 15) is 4.79 Å². The fourth-order valence-corrected chi connectivity index (χ4v) is 2.28. The van der Waals surface area contributed by atoms with E-state index < -0.39 is 0 Å². The number of ether oxygens (including phenoxy) is 2. The van der Waals surface area contributed by atoms with Gasteiger partial charge >= 0.3 is 5.97 Å². The number of para-hydroxylation sites is 1. The van der Waals surface area contributed by atoms with Crippen LogP contribution in [0.2, 0.25) is 0 Å². The number of carbonyl (C=O) groups excluding carboxylic acids is 1. The molecule has 1 heterocycles. The second kappa shape index (κ2) is 4.84. The van der Waals surface area contributed by atoms with Crippen molar-refractivity contribution in [3.8, 4) is 5.75 Å². The first kappa shape index (κ1) is 11.9. The third-order valence-corrected chi connectivity index (χ3v) is 3.42. The highest BCUT2D eigenvalue weighted by Crippen LogP contribution is 2.34. The van der Waals surface area contributed by atoms with Crippen LogP contribution in [0.4, 0.5) is 0 Å². The SMILES string of the molecule is COC(=O)C1CC(Oc2cccc3cncnc23)C1. The molecule has 2 aromatic rings. The van der Waals surface area contributed by atoms with Gasteiger partial charge in [-0.25, -0.2) is 9.97 Å². The average molecular weight is 258 g/mol. The Balaban J connectivity index is 1.72. The van der Waals surface area contributed by atoms with Crippen LogP contribution in [0.25, 0.3) is 10.9 Å². The summed E-state index contributed by atoms with van der Waals surface area (Å²) in [5.74, 6) is 0.563. The number of hydrogen-bond donors (Lipinski definition) is 0. The molecule has 0 bridgehead atoms. The molecule has 0 unspecified atom stereocenters. The number of carbonyl (C=O) groups is 1. The van der Waals surface area contributed by atoms with Gasteiger partial charge in [0.05, 0.1) is 13.0 Å². The molecule has 0 N–H and O–H groups in total. The number of esters is 1. The van der Waals surface area contributed by atoms with Gasteiger partial charge in [-0.1, -0.05) is 12.1 Å². The Labute approximate surface area is 110 Å². The van der Waals surface area contributed by atoms with Crippen molar-refractivity contribution in [2.45, 2.75) is 18.9 Å². The lowest BCUT2D eigenvalue weighted by atomic mass is 9.82. The van der Waals surface area contributed by atoms with Gasteiger partial charge in [-0.05, 0) is 18.9 Å². The van der Waals surface area contributed by atoms with Gasteiger partial charge in [0.1, 0.15) is 23.7 Å². The molecule has 0 aliphatic heterocycles. The van der Waals surface area contributed by atoms with Crippen LogP contribution in [0.15, 0.2) is 30.7 Å². The van der Waals surface area contributed by atoms with Gasteiger partial charge in [0.25, 0.3) is 0 Å². The molecule has 1 aliphatic carbocycles. The van der Waals surface area contributed by atoms with Crippen molar-refractivity contribution < 1.29 is 14.3 Å². The number of aromatic nitrogens is 2. The zero-order valence-electron chi connectivity index (χ0n) is 10.6. The normalized spacial score (nSPS) is 21.7. The fourth-order valence-electron chi connectivity index (χ4n) is 2.28. The number of rotatable bonds is 3. The Morgan fingerprint density at radius 1 is 1.37 bits per heavy atom. The minimum absolute atomic E-state index is 0.0281. The van der Waals surface area contributed by atoms with Gasteiger partial charge in [0.2, 0.25) is 0 Å². The summed E-state index contributed by atoms with van der Waals surface area (Å²) in [7, 11) is 1.41. The Morgan fingerprint density at radius 3 is 3.00 bits per heavy atom. The molecule has 3 rings (SSSR count). The van der Waals surface area contributed by atoms with Crippen LogP contribution >= 0.6 is 0 Å². The zero-order valence-corrected chi connectivity index (χ0v) is 10.6. The van der Waals surface area contributed by atoms with Crippen molar-refractivity contribution in [3.05, 3.63) is 30.7 Å². The number of fused-ring (bicyclic) bond motifs is 1. The van der Waals surface area contributed by atoms with Crippen LogP contribution in [0.3, 0.4) is 0 Å². The topological polar surface area (TPSA) is 61.3 Å². The number of methoxy groups -OCH3 is 1. The molecule has 5 nitrogen and oxygen atoms in total. The molecule has 0 spiro atoms. The van der Waals surface area contributed by atoms with Crippen LogP contribution in [-0.4, -0.2) is 29.2 Å². The van der Waals surface area contributed by atoms with E-state index in [1.54, 1.807) is 6.20 Å². The van der Waals surface area contributed by atoms with E-state index in [4.69, 9.17) is 9.47 Å². The maximum absolute atomic E-state index is 11.3. The number of nitrogens with zero attached hydrogens (tertiary/aromatic N) is 2. The molecule has 0 amide bonds. The second-order valence-corrected chi connectivity index (χ2v) is 4.65. The molecule has 0 radical (unpaired) electrons. The van der Waals surface area contributed by atoms with E-state index >= 15 is 0 Å². The van der Waals surface area contributed by atoms with E-state index in [2.05, 4.69) is 9.97 Å². The lowest BCUT2D eigenvalue weighted by Gasteiger charge is -2.33. The Morgan fingerprint density at radius 2 is 2.21 bits per heavy atom. The third-order valence-electron chi connectivity index (χ3n) is 3.42. The third kappa shape index (κ3) is 2.23. The van der Waals surface area contributed by atoms with Gasteiger partial charge in [0, 0.05) is 11.6 Å². The molecule has 1 aliphatic rings. The molecular formula is C14H14N2O3. The first-order chi connectivity index (χ1) is 9.28. The number of hydrogen-bond acceptors (Lipinski definition) is 5. The lowest BCUT2D eigenvalue weighted by Crippen LogP contribution is -2.38. The Bertz CT molecular complexity index is 603. The molecule has 1 aromatic carbocycles. The van der Waals surface area contributed by atoms with Gasteiger partial charge < -0.3 is 9.47 Å². The summed E-state index contributed by atoms with van der Waals surface area (Å²) in [6, 6.07) is 5.75. The summed E-state index contributed by atoms with van der Waals surface area (Å²) in [6.45, 7) is 0. The molecule has 1 fully saturated rings. The zero-order chi connectivity index (χ0) is 13.2. The van der Waals surface area contributed by atoms with Crippen molar-refractivity contribution in [1.29, 1.82) is 0 Å². The monoisotopic (exact) mass is 258 g/mol. The number of benzene rings is 1. The van der Waals surface area contributed by atoms with Crippen molar-refractivity contribution in [2.75, 3.05) is 7.11 Å². The van der Waals surface area contributed by atoms with Crippen LogP contribution in [-0.2, 0) is 9.53 Å². The van der Waals surface area contributed by atoms with Gasteiger partial charge in [-0.3, -0.25) is 4.79 Å². The van der Waals surface area contributed by atoms with Crippen LogP contribution in [0, 0.1) is 5.92 Å². The van der Waals surface area contributed by atoms with Gasteiger partial charge in [0.15, 0.2) is 0 Å². The van der Waals surface area contributed by atoms with Gasteiger partial charge in [-0.15, -0.1) is 0 Å². The molecule has 0 saturated heterocycles. The van der Waals surface area contributed by atoms with E-state index in [0.29, 0.717) is 12.8 Å².